The molecule has 0 radical (unpaired) electrons. The number of aromatic amines is 1. The van der Waals surface area contributed by atoms with Crippen LogP contribution in [0.25, 0.3) is 10.9 Å². The van der Waals surface area contributed by atoms with E-state index in [1.54, 1.807) is 11.0 Å². The number of rotatable bonds is 1. The number of hydrogen-bond acceptors (Lipinski definition) is 2. The zero-order chi connectivity index (χ0) is 15.0. The van der Waals surface area contributed by atoms with Crippen molar-refractivity contribution in [3.8, 4) is 0 Å². The summed E-state index contributed by atoms with van der Waals surface area (Å²) in [6.45, 7) is 3.97. The van der Waals surface area contributed by atoms with E-state index in [1.807, 2.05) is 38.2 Å². The second-order valence-electron chi connectivity index (χ2n) is 5.72. The van der Waals surface area contributed by atoms with Gasteiger partial charge in [0.25, 0.3) is 0 Å². The van der Waals surface area contributed by atoms with Gasteiger partial charge in [-0.1, -0.05) is 0 Å². The zero-order valence-corrected chi connectivity index (χ0v) is 12.2. The molecule has 1 saturated heterocycles. The highest BCUT2D eigenvalue weighted by Crippen LogP contribution is 2.24. The normalized spacial score (nSPS) is 21.7. The number of fused-ring (bicyclic) bond motifs is 1. The quantitative estimate of drug-likeness (QED) is 0.791. The van der Waals surface area contributed by atoms with Crippen molar-refractivity contribution in [2.24, 2.45) is 0 Å². The van der Waals surface area contributed by atoms with E-state index in [0.717, 1.165) is 23.7 Å². The van der Waals surface area contributed by atoms with Gasteiger partial charge in [-0.3, -0.25) is 9.59 Å². The maximum absolute atomic E-state index is 12.3. The number of hydrogen-bond donors (Lipinski definition) is 2. The number of benzene rings is 1. The lowest BCUT2D eigenvalue weighted by Gasteiger charge is -2.25. The predicted octanol–water partition coefficient (Wildman–Crippen LogP) is 2.51. The molecule has 0 bridgehead atoms. The predicted molar refractivity (Wildman–Crippen MR) is 81.9 cm³/mol. The van der Waals surface area contributed by atoms with Crippen LogP contribution >= 0.6 is 0 Å². The van der Waals surface area contributed by atoms with Crippen LogP contribution in [0, 0.1) is 0 Å². The van der Waals surface area contributed by atoms with E-state index < -0.39 is 11.8 Å². The Morgan fingerprint density at radius 1 is 1.19 bits per heavy atom. The van der Waals surface area contributed by atoms with Crippen LogP contribution in [0.15, 0.2) is 30.5 Å². The number of likely N-dealkylation sites (tertiary alicyclic amines) is 1. The molecule has 3 rings (SSSR count). The smallest absolute Gasteiger partial charge is 0.313 e. The van der Waals surface area contributed by atoms with Gasteiger partial charge in [0.1, 0.15) is 0 Å². The van der Waals surface area contributed by atoms with Crippen LogP contribution in [0.2, 0.25) is 0 Å². The van der Waals surface area contributed by atoms with E-state index in [1.165, 1.54) is 0 Å². The Hall–Kier alpha value is -2.30. The van der Waals surface area contributed by atoms with Gasteiger partial charge >= 0.3 is 11.8 Å². The molecule has 2 atom stereocenters. The molecule has 0 saturated carbocycles. The molecule has 1 aliphatic heterocycles. The highest BCUT2D eigenvalue weighted by atomic mass is 16.2. The van der Waals surface area contributed by atoms with Crippen molar-refractivity contribution < 1.29 is 9.59 Å². The molecule has 0 aliphatic carbocycles. The molecule has 1 aromatic heterocycles. The maximum Gasteiger partial charge on any atom is 0.313 e. The summed E-state index contributed by atoms with van der Waals surface area (Å²) in [6.07, 6.45) is 3.75. The molecule has 0 spiro atoms. The summed E-state index contributed by atoms with van der Waals surface area (Å²) < 4.78 is 0. The molecule has 5 heteroatoms. The molecule has 1 aliphatic rings. The van der Waals surface area contributed by atoms with Crippen LogP contribution in [0.1, 0.15) is 26.7 Å². The highest BCUT2D eigenvalue weighted by molar-refractivity contribution is 6.39. The summed E-state index contributed by atoms with van der Waals surface area (Å²) in [7, 11) is 0. The molecule has 110 valence electrons. The minimum Gasteiger partial charge on any atom is -0.361 e. The summed E-state index contributed by atoms with van der Waals surface area (Å²) in [4.78, 5) is 29.2. The topological polar surface area (TPSA) is 65.2 Å². The average molecular weight is 285 g/mol. The van der Waals surface area contributed by atoms with Crippen LogP contribution in [-0.4, -0.2) is 33.8 Å². The van der Waals surface area contributed by atoms with Crippen molar-refractivity contribution in [2.45, 2.75) is 38.8 Å². The van der Waals surface area contributed by atoms with Crippen LogP contribution in [0.5, 0.6) is 0 Å². The van der Waals surface area contributed by atoms with Gasteiger partial charge in [-0.2, -0.15) is 0 Å². The zero-order valence-electron chi connectivity index (χ0n) is 12.2. The molecule has 1 fully saturated rings. The van der Waals surface area contributed by atoms with Crippen molar-refractivity contribution in [1.82, 2.24) is 9.88 Å². The summed E-state index contributed by atoms with van der Waals surface area (Å²) in [6, 6.07) is 7.72. The molecular formula is C16H19N3O2. The van der Waals surface area contributed by atoms with Crippen LogP contribution in [-0.2, 0) is 9.59 Å². The number of H-pyrrole nitrogens is 1. The van der Waals surface area contributed by atoms with Gasteiger partial charge in [-0.15, -0.1) is 0 Å². The van der Waals surface area contributed by atoms with Crippen molar-refractivity contribution in [3.05, 3.63) is 30.5 Å². The monoisotopic (exact) mass is 285 g/mol. The standard InChI is InChI=1S/C16H19N3O2/c1-10-3-4-11(2)19(10)16(21)15(20)18-13-5-6-14-12(9-13)7-8-17-14/h5-11,17H,3-4H2,1-2H3,(H,18,20)/t10-,11+. The lowest BCUT2D eigenvalue weighted by atomic mass is 10.2. The SMILES string of the molecule is C[C@@H]1CC[C@H](C)N1C(=O)C(=O)Nc1ccc2[nH]ccc2c1. The fraction of sp³-hybridized carbons (Fsp3) is 0.375. The number of carbonyl (C=O) groups is 2. The van der Waals surface area contributed by atoms with Crippen molar-refractivity contribution in [1.29, 1.82) is 0 Å². The van der Waals surface area contributed by atoms with Crippen LogP contribution < -0.4 is 5.32 Å². The summed E-state index contributed by atoms with van der Waals surface area (Å²) in [5.41, 5.74) is 1.64. The first-order chi connectivity index (χ1) is 10.1. The second-order valence-corrected chi connectivity index (χ2v) is 5.72. The van der Waals surface area contributed by atoms with Gasteiger partial charge in [0.15, 0.2) is 0 Å². The molecule has 2 N–H and O–H groups in total. The molecule has 2 amide bonds. The molecule has 2 aromatic rings. The Bertz CT molecular complexity index is 682. The number of aromatic nitrogens is 1. The van der Waals surface area contributed by atoms with Crippen molar-refractivity contribution in [3.63, 3.8) is 0 Å². The lowest BCUT2D eigenvalue weighted by molar-refractivity contribution is -0.144. The highest BCUT2D eigenvalue weighted by Gasteiger charge is 2.34. The third kappa shape index (κ3) is 2.51. The largest absolute Gasteiger partial charge is 0.361 e. The maximum atomic E-state index is 12.3. The second kappa shape index (κ2) is 5.24. The van der Waals surface area contributed by atoms with E-state index in [-0.39, 0.29) is 12.1 Å². The lowest BCUT2D eigenvalue weighted by Crippen LogP contribution is -2.44. The Kier molecular flexibility index (Phi) is 3.41. The summed E-state index contributed by atoms with van der Waals surface area (Å²) in [5.74, 6) is -1.01. The number of anilines is 1. The Morgan fingerprint density at radius 3 is 2.62 bits per heavy atom. The minimum atomic E-state index is -0.564. The third-order valence-electron chi connectivity index (χ3n) is 4.19. The van der Waals surface area contributed by atoms with E-state index in [2.05, 4.69) is 10.3 Å². The van der Waals surface area contributed by atoms with Gasteiger partial charge in [-0.25, -0.2) is 0 Å². The van der Waals surface area contributed by atoms with Crippen molar-refractivity contribution >= 4 is 28.4 Å². The van der Waals surface area contributed by atoms with E-state index >= 15 is 0 Å². The fourth-order valence-corrected chi connectivity index (χ4v) is 3.03. The Labute approximate surface area is 123 Å². The van der Waals surface area contributed by atoms with E-state index in [9.17, 15) is 9.59 Å². The molecule has 0 unspecified atom stereocenters. The molecule has 1 aromatic carbocycles. The fourth-order valence-electron chi connectivity index (χ4n) is 3.03. The molecule has 2 heterocycles. The van der Waals surface area contributed by atoms with E-state index in [4.69, 9.17) is 0 Å². The Balaban J connectivity index is 1.74. The average Bonchev–Trinajstić information content (AvgIpc) is 3.04. The third-order valence-corrected chi connectivity index (χ3v) is 4.19. The first-order valence-corrected chi connectivity index (χ1v) is 7.27. The first kappa shape index (κ1) is 13.7. The van der Waals surface area contributed by atoms with Crippen LogP contribution in [0.3, 0.4) is 0 Å². The number of amides is 2. The number of carbonyl (C=O) groups excluding carboxylic acids is 2. The number of nitrogens with zero attached hydrogens (tertiary/aromatic N) is 1. The Morgan fingerprint density at radius 2 is 1.90 bits per heavy atom. The first-order valence-electron chi connectivity index (χ1n) is 7.27. The van der Waals surface area contributed by atoms with E-state index in [0.29, 0.717) is 5.69 Å². The molecule has 5 nitrogen and oxygen atoms in total. The van der Waals surface area contributed by atoms with Crippen molar-refractivity contribution in [2.75, 3.05) is 5.32 Å². The van der Waals surface area contributed by atoms with Gasteiger partial charge < -0.3 is 15.2 Å². The van der Waals surface area contributed by atoms with Gasteiger partial charge in [-0.05, 0) is 51.0 Å². The molecular weight excluding hydrogens is 266 g/mol. The summed E-state index contributed by atoms with van der Waals surface area (Å²) in [5, 5.41) is 3.70. The van der Waals surface area contributed by atoms with Gasteiger partial charge in [0, 0.05) is 34.9 Å². The number of nitrogens with one attached hydrogen (secondary N) is 2. The molecule has 21 heavy (non-hydrogen) atoms. The summed E-state index contributed by atoms with van der Waals surface area (Å²) >= 11 is 0. The van der Waals surface area contributed by atoms with Gasteiger partial charge in [0.2, 0.25) is 0 Å². The van der Waals surface area contributed by atoms with Gasteiger partial charge in [0.05, 0.1) is 0 Å². The minimum absolute atomic E-state index is 0.130. The van der Waals surface area contributed by atoms with Crippen LogP contribution in [0.4, 0.5) is 5.69 Å².